The number of halogens is 1. The highest BCUT2D eigenvalue weighted by molar-refractivity contribution is 7.89. The van der Waals surface area contributed by atoms with Gasteiger partial charge in [-0.3, -0.25) is 4.79 Å². The fourth-order valence-electron chi connectivity index (χ4n) is 3.33. The van der Waals surface area contributed by atoms with Gasteiger partial charge in [0.25, 0.3) is 0 Å². The third kappa shape index (κ3) is 4.08. The van der Waals surface area contributed by atoms with Gasteiger partial charge < -0.3 is 10.2 Å². The molecule has 2 heterocycles. The van der Waals surface area contributed by atoms with E-state index in [-0.39, 0.29) is 23.2 Å². The van der Waals surface area contributed by atoms with Crippen LogP contribution in [0.15, 0.2) is 23.1 Å². The van der Waals surface area contributed by atoms with Crippen LogP contribution in [0.4, 0.5) is 5.69 Å². The van der Waals surface area contributed by atoms with E-state index >= 15 is 0 Å². The van der Waals surface area contributed by atoms with E-state index in [9.17, 15) is 13.2 Å². The molecule has 8 heteroatoms. The molecule has 0 spiro atoms. The molecule has 2 aliphatic rings. The first-order valence-electron chi connectivity index (χ1n) is 8.11. The summed E-state index contributed by atoms with van der Waals surface area (Å²) >= 11 is 0. The van der Waals surface area contributed by atoms with Crippen molar-refractivity contribution in [2.45, 2.75) is 43.5 Å². The largest absolute Gasteiger partial charge is 0.314 e. The van der Waals surface area contributed by atoms with E-state index in [0.29, 0.717) is 25.6 Å². The zero-order chi connectivity index (χ0) is 16.4. The highest BCUT2D eigenvalue weighted by Gasteiger charge is 2.25. The van der Waals surface area contributed by atoms with Gasteiger partial charge in [0.2, 0.25) is 15.9 Å². The molecule has 1 fully saturated rings. The van der Waals surface area contributed by atoms with Gasteiger partial charge in [0.1, 0.15) is 0 Å². The molecule has 2 N–H and O–H groups in total. The van der Waals surface area contributed by atoms with Crippen LogP contribution in [0.2, 0.25) is 0 Å². The average Bonchev–Trinajstić information content (AvgIpc) is 3.15. The second-order valence-electron chi connectivity index (χ2n) is 6.19. The van der Waals surface area contributed by atoms with Crippen LogP contribution < -0.4 is 14.9 Å². The van der Waals surface area contributed by atoms with Crippen LogP contribution >= 0.6 is 12.4 Å². The Hall–Kier alpha value is -1.15. The van der Waals surface area contributed by atoms with E-state index in [1.165, 1.54) is 6.92 Å². The van der Waals surface area contributed by atoms with Crippen LogP contribution in [-0.2, 0) is 21.2 Å². The number of nitrogens with zero attached hydrogens (tertiary/aromatic N) is 1. The zero-order valence-corrected chi connectivity index (χ0v) is 15.4. The van der Waals surface area contributed by atoms with Crippen LogP contribution in [-0.4, -0.2) is 40.0 Å². The van der Waals surface area contributed by atoms with Gasteiger partial charge in [0, 0.05) is 31.7 Å². The lowest BCUT2D eigenvalue weighted by Gasteiger charge is -2.15. The van der Waals surface area contributed by atoms with Gasteiger partial charge in [-0.25, -0.2) is 13.1 Å². The normalized spacial score (nSPS) is 19.9. The number of sulfonamides is 1. The lowest BCUT2D eigenvalue weighted by Crippen LogP contribution is -2.30. The predicted molar refractivity (Wildman–Crippen MR) is 96.3 cm³/mol. The molecule has 0 radical (unpaired) electrons. The van der Waals surface area contributed by atoms with Crippen molar-refractivity contribution in [3.8, 4) is 0 Å². The molecule has 0 aliphatic carbocycles. The van der Waals surface area contributed by atoms with E-state index in [4.69, 9.17) is 0 Å². The molecule has 1 aromatic carbocycles. The number of carbonyl (C=O) groups is 1. The summed E-state index contributed by atoms with van der Waals surface area (Å²) in [5.41, 5.74) is 1.74. The van der Waals surface area contributed by atoms with Crippen molar-refractivity contribution in [1.29, 1.82) is 0 Å². The molecule has 24 heavy (non-hydrogen) atoms. The standard InChI is InChI=1S/C16H23N3O3S.ClH/c1-12(20)19-10-7-13-11-15(4-5-16(13)19)23(21,22)18-9-6-14-3-2-8-17-14;/h4-5,11,14,17-18H,2-3,6-10H2,1H3;1H/t14-;/m1./s1. The maximum Gasteiger partial charge on any atom is 0.240 e. The van der Waals surface area contributed by atoms with Crippen molar-refractivity contribution in [2.24, 2.45) is 0 Å². The van der Waals surface area contributed by atoms with Crippen molar-refractivity contribution >= 4 is 34.0 Å². The van der Waals surface area contributed by atoms with Crippen molar-refractivity contribution in [2.75, 3.05) is 24.5 Å². The van der Waals surface area contributed by atoms with E-state index in [0.717, 1.165) is 37.1 Å². The Morgan fingerprint density at radius 3 is 2.88 bits per heavy atom. The highest BCUT2D eigenvalue weighted by atomic mass is 35.5. The summed E-state index contributed by atoms with van der Waals surface area (Å²) in [5, 5.41) is 3.36. The summed E-state index contributed by atoms with van der Waals surface area (Å²) in [6.45, 7) is 3.61. The molecular formula is C16H24ClN3O3S. The Labute approximate surface area is 149 Å². The number of hydrogen-bond donors (Lipinski definition) is 2. The third-order valence-corrected chi connectivity index (χ3v) is 6.04. The number of hydrogen-bond acceptors (Lipinski definition) is 4. The van der Waals surface area contributed by atoms with Gasteiger partial charge in [0.05, 0.1) is 4.90 Å². The Bertz CT molecular complexity index is 703. The molecule has 2 aliphatic heterocycles. The molecule has 0 unspecified atom stereocenters. The molecule has 0 bridgehead atoms. The second kappa shape index (κ2) is 7.82. The van der Waals surface area contributed by atoms with E-state index in [1.807, 2.05) is 0 Å². The number of amides is 1. The van der Waals surface area contributed by atoms with E-state index < -0.39 is 10.0 Å². The second-order valence-corrected chi connectivity index (χ2v) is 7.96. The molecule has 134 valence electrons. The summed E-state index contributed by atoms with van der Waals surface area (Å²) in [6.07, 6.45) is 3.78. The molecule has 0 aromatic heterocycles. The van der Waals surface area contributed by atoms with Gasteiger partial charge >= 0.3 is 0 Å². The number of rotatable bonds is 5. The Balaban J connectivity index is 0.00000208. The molecule has 1 aromatic rings. The molecule has 6 nitrogen and oxygen atoms in total. The zero-order valence-electron chi connectivity index (χ0n) is 13.7. The SMILES string of the molecule is CC(=O)N1CCc2cc(S(=O)(=O)NCC[C@H]3CCCN3)ccc21.Cl. The smallest absolute Gasteiger partial charge is 0.240 e. The third-order valence-electron chi connectivity index (χ3n) is 4.58. The first-order valence-corrected chi connectivity index (χ1v) is 9.60. The quantitative estimate of drug-likeness (QED) is 0.818. The topological polar surface area (TPSA) is 78.5 Å². The fourth-order valence-corrected chi connectivity index (χ4v) is 4.42. The molecule has 1 saturated heterocycles. The minimum Gasteiger partial charge on any atom is -0.314 e. The van der Waals surface area contributed by atoms with Crippen LogP contribution in [0.1, 0.15) is 31.7 Å². The lowest BCUT2D eigenvalue weighted by molar-refractivity contribution is -0.116. The van der Waals surface area contributed by atoms with Gasteiger partial charge in [0.15, 0.2) is 0 Å². The highest BCUT2D eigenvalue weighted by Crippen LogP contribution is 2.30. The van der Waals surface area contributed by atoms with Crippen LogP contribution in [0, 0.1) is 0 Å². The first kappa shape index (κ1) is 19.2. The Kier molecular flexibility index (Phi) is 6.25. The van der Waals surface area contributed by atoms with Gasteiger partial charge in [-0.15, -0.1) is 12.4 Å². The lowest BCUT2D eigenvalue weighted by atomic mass is 10.2. The van der Waals surface area contributed by atoms with Gasteiger partial charge in [-0.1, -0.05) is 0 Å². The number of nitrogens with one attached hydrogen (secondary N) is 2. The maximum absolute atomic E-state index is 12.4. The Morgan fingerprint density at radius 1 is 1.42 bits per heavy atom. The van der Waals surface area contributed by atoms with E-state index in [1.54, 1.807) is 23.1 Å². The summed E-state index contributed by atoms with van der Waals surface area (Å²) in [7, 11) is -3.49. The number of anilines is 1. The minimum absolute atomic E-state index is 0. The van der Waals surface area contributed by atoms with Crippen molar-refractivity contribution in [1.82, 2.24) is 10.0 Å². The van der Waals surface area contributed by atoms with Crippen LogP contribution in [0.5, 0.6) is 0 Å². The number of fused-ring (bicyclic) bond motifs is 1. The van der Waals surface area contributed by atoms with Crippen molar-refractivity contribution < 1.29 is 13.2 Å². The van der Waals surface area contributed by atoms with Crippen molar-refractivity contribution in [3.63, 3.8) is 0 Å². The van der Waals surface area contributed by atoms with Gasteiger partial charge in [-0.05, 0) is 56.0 Å². The molecular weight excluding hydrogens is 350 g/mol. The minimum atomic E-state index is -3.49. The molecule has 3 rings (SSSR count). The van der Waals surface area contributed by atoms with Gasteiger partial charge in [-0.2, -0.15) is 0 Å². The number of carbonyl (C=O) groups excluding carboxylic acids is 1. The summed E-state index contributed by atoms with van der Waals surface area (Å²) < 4.78 is 27.5. The molecule has 1 amide bonds. The average molecular weight is 374 g/mol. The number of benzene rings is 1. The first-order chi connectivity index (χ1) is 11.0. The van der Waals surface area contributed by atoms with E-state index in [2.05, 4.69) is 10.0 Å². The molecule has 0 saturated carbocycles. The fraction of sp³-hybridized carbons (Fsp3) is 0.562. The molecule has 1 atom stereocenters. The summed E-state index contributed by atoms with van der Waals surface area (Å²) in [4.78, 5) is 13.5. The van der Waals surface area contributed by atoms with Crippen LogP contribution in [0.3, 0.4) is 0 Å². The summed E-state index contributed by atoms with van der Waals surface area (Å²) in [5.74, 6) is -0.0125. The Morgan fingerprint density at radius 2 is 2.21 bits per heavy atom. The summed E-state index contributed by atoms with van der Waals surface area (Å²) in [6, 6.07) is 5.42. The maximum atomic E-state index is 12.4. The van der Waals surface area contributed by atoms with Crippen molar-refractivity contribution in [3.05, 3.63) is 23.8 Å². The van der Waals surface area contributed by atoms with Crippen LogP contribution in [0.25, 0.3) is 0 Å². The predicted octanol–water partition coefficient (Wildman–Crippen LogP) is 1.44. The monoisotopic (exact) mass is 373 g/mol.